The number of oxime groups is 1. The summed E-state index contributed by atoms with van der Waals surface area (Å²) < 4.78 is 1.59. The van der Waals surface area contributed by atoms with Crippen molar-refractivity contribution in [3.63, 3.8) is 0 Å². The Balaban J connectivity index is 2.71. The summed E-state index contributed by atoms with van der Waals surface area (Å²) in [5.41, 5.74) is 5.22. The fraction of sp³-hybridized carbons (Fsp3) is 0.667. The first-order chi connectivity index (χ1) is 8.08. The van der Waals surface area contributed by atoms with E-state index in [4.69, 9.17) is 10.9 Å². The second-order valence-electron chi connectivity index (χ2n) is 3.69. The van der Waals surface area contributed by atoms with Gasteiger partial charge in [0.15, 0.2) is 5.16 Å². The Kier molecular flexibility index (Phi) is 5.08. The number of amidine groups is 1. The maximum atomic E-state index is 11.4. The van der Waals surface area contributed by atoms with Crippen LogP contribution in [0.5, 0.6) is 0 Å². The molecule has 0 aromatic carbocycles. The quantitative estimate of drug-likeness (QED) is 0.228. The summed E-state index contributed by atoms with van der Waals surface area (Å²) in [4.78, 5) is 11.4. The van der Waals surface area contributed by atoms with Crippen LogP contribution in [0, 0.1) is 0 Å². The van der Waals surface area contributed by atoms with E-state index in [9.17, 15) is 4.79 Å². The highest BCUT2D eigenvalue weighted by molar-refractivity contribution is 7.99. The van der Waals surface area contributed by atoms with Gasteiger partial charge in [-0.05, 0) is 6.42 Å². The highest BCUT2D eigenvalue weighted by Gasteiger charge is 2.13. The molecule has 0 aliphatic heterocycles. The Morgan fingerprint density at radius 2 is 2.47 bits per heavy atom. The molecule has 0 bridgehead atoms. The minimum atomic E-state index is -0.203. The van der Waals surface area contributed by atoms with E-state index >= 15 is 0 Å². The maximum absolute atomic E-state index is 11.4. The number of nitrogens with one attached hydrogen (secondary N) is 1. The lowest BCUT2D eigenvalue weighted by atomic mass is 10.3. The van der Waals surface area contributed by atoms with Crippen molar-refractivity contribution in [1.82, 2.24) is 14.8 Å². The van der Waals surface area contributed by atoms with Gasteiger partial charge < -0.3 is 10.9 Å². The zero-order chi connectivity index (χ0) is 12.8. The van der Waals surface area contributed by atoms with Gasteiger partial charge in [-0.3, -0.25) is 4.57 Å². The third kappa shape index (κ3) is 3.81. The normalized spacial score (nSPS) is 13.9. The van der Waals surface area contributed by atoms with Crippen LogP contribution in [0.1, 0.15) is 26.7 Å². The summed E-state index contributed by atoms with van der Waals surface area (Å²) in [7, 11) is 0. The summed E-state index contributed by atoms with van der Waals surface area (Å²) in [5.74, 6) is 0.171. The summed E-state index contributed by atoms with van der Waals surface area (Å²) in [5, 5.41) is 18.5. The molecule has 1 heterocycles. The molecule has 96 valence electrons. The van der Waals surface area contributed by atoms with Gasteiger partial charge in [0.2, 0.25) is 0 Å². The van der Waals surface area contributed by atoms with Gasteiger partial charge >= 0.3 is 5.69 Å². The van der Waals surface area contributed by atoms with Gasteiger partial charge in [0.1, 0.15) is 5.84 Å². The number of aromatic amines is 1. The Morgan fingerprint density at radius 1 is 1.76 bits per heavy atom. The van der Waals surface area contributed by atoms with Gasteiger partial charge in [0.25, 0.3) is 0 Å². The number of rotatable bonds is 6. The molecule has 7 nitrogen and oxygen atoms in total. The first-order valence-electron chi connectivity index (χ1n) is 5.36. The number of H-pyrrole nitrogens is 1. The third-order valence-corrected chi connectivity index (χ3v) is 3.19. The lowest BCUT2D eigenvalue weighted by molar-refractivity contribution is 0.317. The van der Waals surface area contributed by atoms with E-state index in [0.29, 0.717) is 18.1 Å². The maximum Gasteiger partial charge on any atom is 0.343 e. The van der Waals surface area contributed by atoms with Crippen molar-refractivity contribution in [2.45, 2.75) is 43.6 Å². The Bertz CT molecular complexity index is 439. The topological polar surface area (TPSA) is 109 Å². The van der Waals surface area contributed by atoms with E-state index in [1.54, 1.807) is 4.57 Å². The van der Waals surface area contributed by atoms with E-state index in [0.717, 1.165) is 6.42 Å². The van der Waals surface area contributed by atoms with Gasteiger partial charge in [-0.2, -0.15) is 0 Å². The van der Waals surface area contributed by atoms with Crippen LogP contribution < -0.4 is 11.4 Å². The number of hydrogen-bond donors (Lipinski definition) is 3. The minimum absolute atomic E-state index is 0.0803. The summed E-state index contributed by atoms with van der Waals surface area (Å²) in [6, 6.07) is 0. The van der Waals surface area contributed by atoms with Crippen LogP contribution in [0.25, 0.3) is 0 Å². The van der Waals surface area contributed by atoms with Gasteiger partial charge in [-0.1, -0.05) is 30.8 Å². The molecular weight excluding hydrogens is 242 g/mol. The number of hydrogen-bond acceptors (Lipinski definition) is 5. The Labute approximate surface area is 103 Å². The molecule has 0 amide bonds. The Morgan fingerprint density at radius 3 is 3.06 bits per heavy atom. The van der Waals surface area contributed by atoms with Crippen LogP contribution in [0.3, 0.4) is 0 Å². The van der Waals surface area contributed by atoms with Crippen molar-refractivity contribution >= 4 is 17.6 Å². The fourth-order valence-corrected chi connectivity index (χ4v) is 2.38. The van der Waals surface area contributed by atoms with E-state index < -0.39 is 0 Å². The molecule has 0 aliphatic rings. The van der Waals surface area contributed by atoms with Crippen molar-refractivity contribution < 1.29 is 5.21 Å². The van der Waals surface area contributed by atoms with E-state index in [1.165, 1.54) is 11.8 Å². The molecule has 1 atom stereocenters. The van der Waals surface area contributed by atoms with Crippen LogP contribution in [0.2, 0.25) is 0 Å². The van der Waals surface area contributed by atoms with E-state index in [2.05, 4.69) is 15.4 Å². The summed E-state index contributed by atoms with van der Waals surface area (Å²) >= 11 is 1.42. The smallest absolute Gasteiger partial charge is 0.343 e. The standard InChI is InChI=1S/C9H17N5O2S/c1-3-4-14-8(15)11-12-9(14)17-6(2)5-7(10)13-16/h6,16H,3-5H2,1-2H3,(H2,10,13)(H,11,15). The summed E-state index contributed by atoms with van der Waals surface area (Å²) in [6.45, 7) is 4.56. The van der Waals surface area contributed by atoms with Gasteiger partial charge in [0.05, 0.1) is 0 Å². The molecule has 1 aromatic rings. The predicted molar refractivity (Wildman–Crippen MR) is 66.5 cm³/mol. The zero-order valence-corrected chi connectivity index (χ0v) is 10.7. The van der Waals surface area contributed by atoms with Crippen LogP contribution in [0.4, 0.5) is 0 Å². The minimum Gasteiger partial charge on any atom is -0.409 e. The van der Waals surface area contributed by atoms with Gasteiger partial charge in [-0.25, -0.2) is 9.89 Å². The lowest BCUT2D eigenvalue weighted by Gasteiger charge is -2.09. The Hall–Kier alpha value is -1.44. The largest absolute Gasteiger partial charge is 0.409 e. The van der Waals surface area contributed by atoms with Crippen molar-refractivity contribution in [2.24, 2.45) is 10.9 Å². The average molecular weight is 259 g/mol. The highest BCUT2D eigenvalue weighted by Crippen LogP contribution is 2.22. The molecule has 0 saturated heterocycles. The second kappa shape index (κ2) is 6.33. The molecule has 0 radical (unpaired) electrons. The molecule has 17 heavy (non-hydrogen) atoms. The number of nitrogens with zero attached hydrogens (tertiary/aromatic N) is 3. The molecule has 0 aliphatic carbocycles. The lowest BCUT2D eigenvalue weighted by Crippen LogP contribution is -2.19. The van der Waals surface area contributed by atoms with Gasteiger partial charge in [0, 0.05) is 18.2 Å². The first-order valence-corrected chi connectivity index (χ1v) is 6.24. The number of aromatic nitrogens is 3. The SMILES string of the molecule is CCCn1c(SC(C)CC(N)=NO)n[nH]c1=O. The van der Waals surface area contributed by atoms with E-state index in [1.807, 2.05) is 13.8 Å². The van der Waals surface area contributed by atoms with Crippen LogP contribution in [-0.2, 0) is 6.54 Å². The van der Waals surface area contributed by atoms with Crippen molar-refractivity contribution in [3.05, 3.63) is 10.5 Å². The zero-order valence-electron chi connectivity index (χ0n) is 9.88. The van der Waals surface area contributed by atoms with Crippen molar-refractivity contribution in [1.29, 1.82) is 0 Å². The molecule has 1 unspecified atom stereocenters. The molecule has 1 rings (SSSR count). The molecule has 0 spiro atoms. The van der Waals surface area contributed by atoms with Crippen molar-refractivity contribution in [2.75, 3.05) is 0 Å². The molecule has 4 N–H and O–H groups in total. The molecule has 8 heteroatoms. The van der Waals surface area contributed by atoms with Crippen LogP contribution in [0.15, 0.2) is 15.1 Å². The fourth-order valence-electron chi connectivity index (χ4n) is 1.37. The number of thioether (sulfide) groups is 1. The second-order valence-corrected chi connectivity index (χ2v) is 5.09. The molecular formula is C9H17N5O2S. The molecule has 1 aromatic heterocycles. The van der Waals surface area contributed by atoms with E-state index in [-0.39, 0.29) is 16.8 Å². The van der Waals surface area contributed by atoms with Crippen LogP contribution in [-0.4, -0.2) is 31.1 Å². The highest BCUT2D eigenvalue weighted by atomic mass is 32.2. The predicted octanol–water partition coefficient (Wildman–Crippen LogP) is 0.598. The average Bonchev–Trinajstić information content (AvgIpc) is 2.61. The molecule has 0 fully saturated rings. The number of nitrogens with two attached hydrogens (primary N) is 1. The summed E-state index contributed by atoms with van der Waals surface area (Å²) in [6.07, 6.45) is 1.30. The van der Waals surface area contributed by atoms with Gasteiger partial charge in [-0.15, -0.1) is 5.10 Å². The van der Waals surface area contributed by atoms with Crippen LogP contribution >= 0.6 is 11.8 Å². The monoisotopic (exact) mass is 259 g/mol. The van der Waals surface area contributed by atoms with Crippen molar-refractivity contribution in [3.8, 4) is 0 Å². The first kappa shape index (κ1) is 13.6. The third-order valence-electron chi connectivity index (χ3n) is 2.10. The molecule has 0 saturated carbocycles.